The smallest absolute Gasteiger partial charge is 0.305 e. The first kappa shape index (κ1) is 42.7. The average Bonchev–Trinajstić information content (AvgIpc) is 3.88. The first-order valence-electron chi connectivity index (χ1n) is 13.5. The minimum absolute atomic E-state index is 0.224. The molecule has 20 heteroatoms. The Morgan fingerprint density at radius 2 is 0.702 bits per heavy atom. The van der Waals surface area contributed by atoms with Crippen molar-refractivity contribution in [1.29, 1.82) is 0 Å². The number of thioether (sulfide) groups is 16. The van der Waals surface area contributed by atoms with Crippen molar-refractivity contribution in [2.24, 2.45) is 0 Å². The zero-order valence-electron chi connectivity index (χ0n) is 26.1. The summed E-state index contributed by atoms with van der Waals surface area (Å²) in [6.45, 7) is 0.722. The van der Waals surface area contributed by atoms with E-state index in [4.69, 9.17) is 9.47 Å². The van der Waals surface area contributed by atoms with Gasteiger partial charge in [-0.15, -0.1) is 94.1 Å². The van der Waals surface area contributed by atoms with Gasteiger partial charge >= 0.3 is 11.9 Å². The zero-order chi connectivity index (χ0) is 33.8. The number of esters is 2. The summed E-state index contributed by atoms with van der Waals surface area (Å²) >= 11 is 29.2. The highest BCUT2D eigenvalue weighted by Crippen LogP contribution is 2.67. The Hall–Kier alpha value is 2.98. The third-order valence-electron chi connectivity index (χ3n) is 5.52. The summed E-state index contributed by atoms with van der Waals surface area (Å²) in [6, 6.07) is 0. The minimum atomic E-state index is -0.261. The molecule has 0 unspecified atom stereocenters. The van der Waals surface area contributed by atoms with Gasteiger partial charge in [0.25, 0.3) is 0 Å². The molecule has 0 N–H and O–H groups in total. The second kappa shape index (κ2) is 23.0. The van der Waals surface area contributed by atoms with Crippen LogP contribution in [0.2, 0.25) is 0 Å². The van der Waals surface area contributed by atoms with Gasteiger partial charge in [0.2, 0.25) is 0 Å². The van der Waals surface area contributed by atoms with Gasteiger partial charge in [0.05, 0.1) is 50.8 Å². The number of carbonyl (C=O) groups is 2. The maximum Gasteiger partial charge on any atom is 0.305 e. The molecule has 0 saturated carbocycles. The van der Waals surface area contributed by atoms with Crippen molar-refractivity contribution in [2.75, 3.05) is 62.3 Å². The summed E-state index contributed by atoms with van der Waals surface area (Å²) in [4.78, 5) is 24.6. The molecule has 0 amide bonds. The maximum atomic E-state index is 12.3. The second-order valence-electron chi connectivity index (χ2n) is 8.48. The predicted octanol–water partition coefficient (Wildman–Crippen LogP) is 13.6. The van der Waals surface area contributed by atoms with Crippen molar-refractivity contribution < 1.29 is 19.1 Å². The lowest BCUT2D eigenvalue weighted by molar-refractivity contribution is -0.144. The molecule has 0 spiro atoms. The molecule has 47 heavy (non-hydrogen) atoms. The van der Waals surface area contributed by atoms with Crippen LogP contribution in [0.15, 0.2) is 50.8 Å². The van der Waals surface area contributed by atoms with Crippen LogP contribution in [0.1, 0.15) is 19.3 Å². The third-order valence-corrected chi connectivity index (χ3v) is 27.7. The molecule has 0 bridgehead atoms. The van der Waals surface area contributed by atoms with E-state index in [2.05, 4.69) is 37.5 Å². The van der Waals surface area contributed by atoms with E-state index in [-0.39, 0.29) is 24.8 Å². The van der Waals surface area contributed by atoms with Crippen molar-refractivity contribution in [3.05, 3.63) is 50.8 Å². The van der Waals surface area contributed by atoms with Gasteiger partial charge in [0.15, 0.2) is 0 Å². The van der Waals surface area contributed by atoms with Crippen LogP contribution in [0, 0.1) is 0 Å². The fourth-order valence-electron chi connectivity index (χ4n) is 3.45. The molecule has 260 valence electrons. The number of hydrogen-bond donors (Lipinski definition) is 0. The zero-order valence-corrected chi connectivity index (χ0v) is 39.2. The number of carbonyl (C=O) groups excluding carboxylic acids is 2. The standard InChI is InChI=1S/C27H32O4S16/c1-32-16-17(33-2)41-24(40-16)26-44-20(36-5)22(46-26)38-12-10-30-14(28)8-7-9-15(29)31-11-13-39-23-21(37-6)45-27(47-23)25-42-18(34-3)19(35-4)43-25/h7-13H2,1-6H3. The summed E-state index contributed by atoms with van der Waals surface area (Å²) in [5.74, 6) is 0.900. The first-order valence-corrected chi connectivity index (χ1v) is 29.4. The van der Waals surface area contributed by atoms with Crippen LogP contribution in [-0.2, 0) is 19.1 Å². The van der Waals surface area contributed by atoms with Crippen LogP contribution in [-0.4, -0.2) is 74.2 Å². The second-order valence-corrected chi connectivity index (χ2v) is 26.9. The molecule has 0 radical (unpaired) electrons. The number of ether oxygens (including phenoxy) is 2. The Balaban J connectivity index is 1.07. The third kappa shape index (κ3) is 13.1. The summed E-state index contributed by atoms with van der Waals surface area (Å²) in [7, 11) is 0. The molecule has 0 aromatic carbocycles. The van der Waals surface area contributed by atoms with Crippen LogP contribution in [0.4, 0.5) is 0 Å². The van der Waals surface area contributed by atoms with Crippen molar-refractivity contribution in [3.63, 3.8) is 0 Å². The molecule has 0 aliphatic carbocycles. The van der Waals surface area contributed by atoms with Gasteiger partial charge in [0.1, 0.15) is 13.2 Å². The van der Waals surface area contributed by atoms with Crippen LogP contribution < -0.4 is 0 Å². The van der Waals surface area contributed by atoms with Crippen LogP contribution in [0.5, 0.6) is 0 Å². The number of rotatable bonds is 18. The lowest BCUT2D eigenvalue weighted by Gasteiger charge is -2.07. The Bertz CT molecular complexity index is 1240. The van der Waals surface area contributed by atoms with Gasteiger partial charge in [-0.2, -0.15) is 0 Å². The minimum Gasteiger partial charge on any atom is -0.465 e. The monoisotopic (exact) mass is 932 g/mol. The Morgan fingerprint density at radius 3 is 0.979 bits per heavy atom. The molecule has 4 rings (SSSR count). The molecule has 0 atom stereocenters. The Labute approximate surface area is 347 Å². The van der Waals surface area contributed by atoms with E-state index in [1.165, 1.54) is 50.8 Å². The first-order chi connectivity index (χ1) is 22.8. The van der Waals surface area contributed by atoms with Crippen molar-refractivity contribution >= 4 is 200 Å². The lowest BCUT2D eigenvalue weighted by atomic mass is 10.2. The average molecular weight is 934 g/mol. The fraction of sp³-hybridized carbons (Fsp3) is 0.481. The SMILES string of the molecule is CSC1=C(SC)SC(=C2SC(SC)=C(SCCOC(=O)CCCC(=O)OCCSC3=C(SC)SC(=C4SC(SC)=C(SC)S4)S3)S2)S1. The molecular formula is C27H32O4S16. The highest BCUT2D eigenvalue weighted by atomic mass is 32.3. The van der Waals surface area contributed by atoms with Crippen LogP contribution in [0.3, 0.4) is 0 Å². The van der Waals surface area contributed by atoms with Gasteiger partial charge in [-0.3, -0.25) is 9.59 Å². The van der Waals surface area contributed by atoms with Gasteiger partial charge in [-0.25, -0.2) is 0 Å². The van der Waals surface area contributed by atoms with Gasteiger partial charge in [-0.05, 0) is 44.0 Å². The Kier molecular flexibility index (Phi) is 20.9. The van der Waals surface area contributed by atoms with E-state index < -0.39 is 0 Å². The summed E-state index contributed by atoms with van der Waals surface area (Å²) in [5.41, 5.74) is 0. The molecule has 0 saturated heterocycles. The summed E-state index contributed by atoms with van der Waals surface area (Å²) in [5, 5.41) is 0. The molecule has 4 heterocycles. The highest BCUT2D eigenvalue weighted by molar-refractivity contribution is 8.46. The molecule has 4 nitrogen and oxygen atoms in total. The molecule has 0 fully saturated rings. The summed E-state index contributed by atoms with van der Waals surface area (Å²) < 4.78 is 27.1. The normalized spacial score (nSPS) is 18.7. The summed E-state index contributed by atoms with van der Waals surface area (Å²) in [6.07, 6.45) is 13.7. The highest BCUT2D eigenvalue weighted by Gasteiger charge is 2.31. The van der Waals surface area contributed by atoms with E-state index in [1.54, 1.807) is 47.0 Å². The van der Waals surface area contributed by atoms with Gasteiger partial charge in [-0.1, -0.05) is 94.1 Å². The molecule has 4 aliphatic rings. The van der Waals surface area contributed by atoms with Crippen LogP contribution in [0.25, 0.3) is 0 Å². The van der Waals surface area contributed by atoms with Gasteiger partial charge < -0.3 is 9.47 Å². The van der Waals surface area contributed by atoms with Crippen molar-refractivity contribution in [1.82, 2.24) is 0 Å². The quantitative estimate of drug-likeness (QED) is 0.0967. The van der Waals surface area contributed by atoms with E-state index in [0.717, 1.165) is 0 Å². The molecule has 0 aromatic rings. The van der Waals surface area contributed by atoms with E-state index >= 15 is 0 Å². The maximum absolute atomic E-state index is 12.3. The Morgan fingerprint density at radius 1 is 0.447 bits per heavy atom. The lowest BCUT2D eigenvalue weighted by Crippen LogP contribution is -2.10. The fourth-order valence-corrected chi connectivity index (χ4v) is 24.7. The number of hydrogen-bond acceptors (Lipinski definition) is 20. The molecular weight excluding hydrogens is 901 g/mol. The largest absolute Gasteiger partial charge is 0.465 e. The predicted molar refractivity (Wildman–Crippen MR) is 245 cm³/mol. The molecule has 0 aromatic heterocycles. The van der Waals surface area contributed by atoms with Crippen molar-refractivity contribution in [3.8, 4) is 0 Å². The molecule has 4 aliphatic heterocycles. The topological polar surface area (TPSA) is 52.6 Å². The van der Waals surface area contributed by atoms with Crippen molar-refractivity contribution in [2.45, 2.75) is 19.3 Å². The van der Waals surface area contributed by atoms with Gasteiger partial charge in [0, 0.05) is 24.3 Å². The van der Waals surface area contributed by atoms with E-state index in [9.17, 15) is 9.59 Å². The van der Waals surface area contributed by atoms with E-state index in [0.29, 0.717) is 31.1 Å². The van der Waals surface area contributed by atoms with Crippen LogP contribution >= 0.6 is 188 Å². The van der Waals surface area contributed by atoms with E-state index in [1.807, 2.05) is 141 Å².